The SMILES string of the molecule is CSCCCCNC(=O)CCNC(C)(C)C. The smallest absolute Gasteiger partial charge is 0.221 e. The lowest BCUT2D eigenvalue weighted by Gasteiger charge is -2.20. The van der Waals surface area contributed by atoms with Gasteiger partial charge in [-0.25, -0.2) is 0 Å². The molecule has 0 aromatic rings. The normalized spacial score (nSPS) is 11.5. The summed E-state index contributed by atoms with van der Waals surface area (Å²) in [6.07, 6.45) is 4.94. The average Bonchev–Trinajstić information content (AvgIpc) is 2.15. The van der Waals surface area contributed by atoms with Gasteiger partial charge in [0.15, 0.2) is 0 Å². The molecule has 3 nitrogen and oxygen atoms in total. The molecule has 0 aromatic carbocycles. The molecule has 0 fully saturated rings. The monoisotopic (exact) mass is 246 g/mol. The van der Waals surface area contributed by atoms with E-state index in [1.165, 1.54) is 12.2 Å². The van der Waals surface area contributed by atoms with Gasteiger partial charge in [-0.3, -0.25) is 4.79 Å². The Kier molecular flexibility index (Phi) is 8.76. The Balaban J connectivity index is 3.32. The lowest BCUT2D eigenvalue weighted by atomic mass is 10.1. The molecule has 0 saturated heterocycles. The fourth-order valence-corrected chi connectivity index (χ4v) is 1.73. The molecule has 0 aliphatic carbocycles. The molecule has 16 heavy (non-hydrogen) atoms. The number of rotatable bonds is 8. The Labute approximate surface area is 104 Å². The number of hydrogen-bond donors (Lipinski definition) is 2. The van der Waals surface area contributed by atoms with Gasteiger partial charge in [-0.05, 0) is 45.6 Å². The summed E-state index contributed by atoms with van der Waals surface area (Å²) in [5.74, 6) is 1.34. The first kappa shape index (κ1) is 15.8. The van der Waals surface area contributed by atoms with Gasteiger partial charge in [0.25, 0.3) is 0 Å². The van der Waals surface area contributed by atoms with Gasteiger partial charge in [0, 0.05) is 25.0 Å². The van der Waals surface area contributed by atoms with Crippen LogP contribution >= 0.6 is 11.8 Å². The van der Waals surface area contributed by atoms with Crippen molar-refractivity contribution >= 4 is 17.7 Å². The van der Waals surface area contributed by atoms with Crippen LogP contribution in [0.3, 0.4) is 0 Å². The maximum Gasteiger partial charge on any atom is 0.221 e. The molecule has 0 spiro atoms. The predicted octanol–water partition coefficient (Wildman–Crippen LogP) is 2.02. The van der Waals surface area contributed by atoms with Crippen LogP contribution < -0.4 is 10.6 Å². The van der Waals surface area contributed by atoms with E-state index in [4.69, 9.17) is 0 Å². The van der Waals surface area contributed by atoms with Gasteiger partial charge in [0.1, 0.15) is 0 Å². The molecule has 2 N–H and O–H groups in total. The number of carbonyl (C=O) groups is 1. The molecule has 96 valence electrons. The second-order valence-corrected chi connectivity index (χ2v) is 5.96. The van der Waals surface area contributed by atoms with Crippen molar-refractivity contribution in [1.29, 1.82) is 0 Å². The molecule has 0 aliphatic rings. The predicted molar refractivity (Wildman–Crippen MR) is 73.0 cm³/mol. The molecule has 0 heterocycles. The van der Waals surface area contributed by atoms with E-state index in [0.717, 1.165) is 19.5 Å². The second kappa shape index (κ2) is 8.88. The quantitative estimate of drug-likeness (QED) is 0.644. The molecule has 1 amide bonds. The Morgan fingerprint density at radius 3 is 2.44 bits per heavy atom. The van der Waals surface area contributed by atoms with Crippen LogP contribution in [0.5, 0.6) is 0 Å². The van der Waals surface area contributed by atoms with Crippen molar-refractivity contribution in [2.75, 3.05) is 25.1 Å². The number of carbonyl (C=O) groups excluding carboxylic acids is 1. The Hall–Kier alpha value is -0.220. The summed E-state index contributed by atoms with van der Waals surface area (Å²) < 4.78 is 0. The lowest BCUT2D eigenvalue weighted by molar-refractivity contribution is -0.121. The minimum atomic E-state index is 0.0959. The van der Waals surface area contributed by atoms with Crippen LogP contribution in [0, 0.1) is 0 Å². The number of thioether (sulfide) groups is 1. The van der Waals surface area contributed by atoms with Gasteiger partial charge in [-0.15, -0.1) is 0 Å². The molecule has 0 bridgehead atoms. The van der Waals surface area contributed by atoms with Gasteiger partial charge < -0.3 is 10.6 Å². The lowest BCUT2D eigenvalue weighted by Crippen LogP contribution is -2.38. The third-order valence-corrected chi connectivity index (χ3v) is 2.80. The van der Waals surface area contributed by atoms with Crippen molar-refractivity contribution in [3.05, 3.63) is 0 Å². The summed E-state index contributed by atoms with van der Waals surface area (Å²) in [4.78, 5) is 11.4. The molecule has 0 radical (unpaired) electrons. The molecule has 0 saturated carbocycles. The summed E-state index contributed by atoms with van der Waals surface area (Å²) in [7, 11) is 0. The van der Waals surface area contributed by atoms with E-state index >= 15 is 0 Å². The number of amides is 1. The third kappa shape index (κ3) is 11.9. The van der Waals surface area contributed by atoms with Crippen molar-refractivity contribution in [3.8, 4) is 0 Å². The van der Waals surface area contributed by atoms with Crippen LogP contribution in [0.15, 0.2) is 0 Å². The van der Waals surface area contributed by atoms with E-state index in [-0.39, 0.29) is 11.4 Å². The average molecular weight is 246 g/mol. The van der Waals surface area contributed by atoms with Crippen LogP contribution in [0.25, 0.3) is 0 Å². The van der Waals surface area contributed by atoms with Crippen LogP contribution in [0.1, 0.15) is 40.0 Å². The standard InChI is InChI=1S/C12H26N2OS/c1-12(2,3)14-9-7-11(15)13-8-5-6-10-16-4/h14H,5-10H2,1-4H3,(H,13,15). The molecule has 0 rings (SSSR count). The van der Waals surface area contributed by atoms with Crippen LogP contribution in [-0.4, -0.2) is 36.5 Å². The highest BCUT2D eigenvalue weighted by molar-refractivity contribution is 7.98. The van der Waals surface area contributed by atoms with Gasteiger partial charge in [-0.1, -0.05) is 0 Å². The van der Waals surface area contributed by atoms with Crippen LogP contribution in [0.2, 0.25) is 0 Å². The van der Waals surface area contributed by atoms with E-state index in [0.29, 0.717) is 6.42 Å². The van der Waals surface area contributed by atoms with Gasteiger partial charge in [0.2, 0.25) is 5.91 Å². The summed E-state index contributed by atoms with van der Waals surface area (Å²) in [6.45, 7) is 7.88. The van der Waals surface area contributed by atoms with Crippen molar-refractivity contribution in [2.24, 2.45) is 0 Å². The first-order valence-electron chi connectivity index (χ1n) is 5.96. The summed E-state index contributed by atoms with van der Waals surface area (Å²) in [5, 5.41) is 6.24. The van der Waals surface area contributed by atoms with Gasteiger partial charge in [0.05, 0.1) is 0 Å². The maximum absolute atomic E-state index is 11.4. The Morgan fingerprint density at radius 1 is 1.19 bits per heavy atom. The molecule has 0 atom stereocenters. The maximum atomic E-state index is 11.4. The van der Waals surface area contributed by atoms with Gasteiger partial charge in [-0.2, -0.15) is 11.8 Å². The van der Waals surface area contributed by atoms with E-state index in [9.17, 15) is 4.79 Å². The molecule has 0 unspecified atom stereocenters. The van der Waals surface area contributed by atoms with Crippen LogP contribution in [0.4, 0.5) is 0 Å². The number of hydrogen-bond acceptors (Lipinski definition) is 3. The zero-order valence-corrected chi connectivity index (χ0v) is 11.9. The largest absolute Gasteiger partial charge is 0.356 e. The molecular weight excluding hydrogens is 220 g/mol. The van der Waals surface area contributed by atoms with Gasteiger partial charge >= 0.3 is 0 Å². The molecule has 0 aromatic heterocycles. The molecular formula is C12H26N2OS. The summed E-state index contributed by atoms with van der Waals surface area (Å²) in [5.41, 5.74) is 0.0959. The zero-order chi connectivity index (χ0) is 12.4. The van der Waals surface area contributed by atoms with E-state index in [2.05, 4.69) is 37.7 Å². The fraction of sp³-hybridized carbons (Fsp3) is 0.917. The summed E-state index contributed by atoms with van der Waals surface area (Å²) in [6, 6.07) is 0. The van der Waals surface area contributed by atoms with Crippen molar-refractivity contribution in [2.45, 2.75) is 45.6 Å². The van der Waals surface area contributed by atoms with Crippen molar-refractivity contribution < 1.29 is 4.79 Å². The minimum Gasteiger partial charge on any atom is -0.356 e. The highest BCUT2D eigenvalue weighted by atomic mass is 32.2. The Morgan fingerprint density at radius 2 is 1.88 bits per heavy atom. The van der Waals surface area contributed by atoms with E-state index < -0.39 is 0 Å². The van der Waals surface area contributed by atoms with Crippen molar-refractivity contribution in [1.82, 2.24) is 10.6 Å². The first-order chi connectivity index (χ1) is 7.45. The highest BCUT2D eigenvalue weighted by Crippen LogP contribution is 1.99. The Bertz CT molecular complexity index is 190. The molecule has 4 heteroatoms. The van der Waals surface area contributed by atoms with E-state index in [1.807, 2.05) is 11.8 Å². The fourth-order valence-electron chi connectivity index (χ4n) is 1.24. The topological polar surface area (TPSA) is 41.1 Å². The highest BCUT2D eigenvalue weighted by Gasteiger charge is 2.08. The first-order valence-corrected chi connectivity index (χ1v) is 7.36. The van der Waals surface area contributed by atoms with Crippen molar-refractivity contribution in [3.63, 3.8) is 0 Å². The number of unbranched alkanes of at least 4 members (excludes halogenated alkanes) is 1. The van der Waals surface area contributed by atoms with Crippen LogP contribution in [-0.2, 0) is 4.79 Å². The second-order valence-electron chi connectivity index (χ2n) is 4.98. The van der Waals surface area contributed by atoms with E-state index in [1.54, 1.807) is 0 Å². The minimum absolute atomic E-state index is 0.0959. The molecule has 0 aliphatic heterocycles. The third-order valence-electron chi connectivity index (χ3n) is 2.10. The number of nitrogens with one attached hydrogen (secondary N) is 2. The summed E-state index contributed by atoms with van der Waals surface area (Å²) >= 11 is 1.85. The zero-order valence-electron chi connectivity index (χ0n) is 11.1.